The summed E-state index contributed by atoms with van der Waals surface area (Å²) in [4.78, 5) is 39.9. The van der Waals surface area contributed by atoms with Gasteiger partial charge in [-0.1, -0.05) is 6.42 Å². The second-order valence-corrected chi connectivity index (χ2v) is 9.81. The molecular formula is C24H45N5O4. The molecule has 2 saturated heterocycles. The van der Waals surface area contributed by atoms with Gasteiger partial charge in [-0.3, -0.25) is 9.59 Å². The van der Waals surface area contributed by atoms with Crippen LogP contribution < -0.4 is 16.4 Å². The maximum absolute atomic E-state index is 12.2. The second kappa shape index (κ2) is 15.2. The van der Waals surface area contributed by atoms with Crippen LogP contribution in [-0.2, 0) is 14.3 Å². The van der Waals surface area contributed by atoms with Crippen LogP contribution in [0.25, 0.3) is 0 Å². The topological polar surface area (TPSA) is 117 Å². The van der Waals surface area contributed by atoms with Crippen molar-refractivity contribution in [3.63, 3.8) is 0 Å². The van der Waals surface area contributed by atoms with Gasteiger partial charge in [-0.15, -0.1) is 0 Å². The zero-order valence-corrected chi connectivity index (χ0v) is 20.7. The minimum Gasteiger partial charge on any atom is -0.446 e. The van der Waals surface area contributed by atoms with E-state index in [1.807, 2.05) is 13.8 Å². The number of Topliss-reactive ketones (excluding diaryl/α,β-unsaturated/α-hetero) is 1. The number of amides is 2. The fraction of sp³-hybridized carbons (Fsp3) is 0.875. The number of rotatable bonds is 14. The van der Waals surface area contributed by atoms with Crippen molar-refractivity contribution in [2.45, 2.75) is 77.4 Å². The average molecular weight is 468 g/mol. The summed E-state index contributed by atoms with van der Waals surface area (Å²) in [7, 11) is 0. The van der Waals surface area contributed by atoms with E-state index in [0.29, 0.717) is 13.0 Å². The summed E-state index contributed by atoms with van der Waals surface area (Å²) in [5.41, 5.74) is 5.07. The first-order valence-electron chi connectivity index (χ1n) is 12.8. The molecule has 2 heterocycles. The van der Waals surface area contributed by atoms with E-state index >= 15 is 0 Å². The lowest BCUT2D eigenvalue weighted by molar-refractivity contribution is -0.127. The number of ether oxygens (including phenoxy) is 1. The predicted molar refractivity (Wildman–Crippen MR) is 129 cm³/mol. The fourth-order valence-corrected chi connectivity index (χ4v) is 4.68. The van der Waals surface area contributed by atoms with Gasteiger partial charge < -0.3 is 30.9 Å². The van der Waals surface area contributed by atoms with Gasteiger partial charge in [0.1, 0.15) is 11.9 Å². The number of hydrogen-bond donors (Lipinski definition) is 3. The monoisotopic (exact) mass is 467 g/mol. The highest BCUT2D eigenvalue weighted by Gasteiger charge is 2.25. The van der Waals surface area contributed by atoms with Crippen molar-refractivity contribution in [1.29, 1.82) is 0 Å². The van der Waals surface area contributed by atoms with Crippen molar-refractivity contribution in [3.8, 4) is 0 Å². The number of carbonyl (C=O) groups is 3. The molecule has 2 aliphatic heterocycles. The smallest absolute Gasteiger partial charge is 0.404 e. The average Bonchev–Trinajstić information content (AvgIpc) is 2.77. The minimum atomic E-state index is -0.695. The van der Waals surface area contributed by atoms with Gasteiger partial charge >= 0.3 is 6.09 Å². The molecule has 0 radical (unpaired) electrons. The number of likely N-dealkylation sites (tertiary alicyclic amines) is 2. The van der Waals surface area contributed by atoms with Gasteiger partial charge in [0.2, 0.25) is 5.91 Å². The maximum atomic E-state index is 12.2. The molecule has 9 nitrogen and oxygen atoms in total. The van der Waals surface area contributed by atoms with Crippen LogP contribution in [0, 0.1) is 5.92 Å². The zero-order valence-electron chi connectivity index (χ0n) is 20.7. The summed E-state index contributed by atoms with van der Waals surface area (Å²) in [5, 5.41) is 6.29. The van der Waals surface area contributed by atoms with Crippen molar-refractivity contribution >= 4 is 17.8 Å². The van der Waals surface area contributed by atoms with E-state index in [4.69, 9.17) is 10.5 Å². The molecule has 0 saturated carbocycles. The quantitative estimate of drug-likeness (QED) is 0.332. The number of hydrogen-bond acceptors (Lipinski definition) is 7. The van der Waals surface area contributed by atoms with Crippen LogP contribution >= 0.6 is 0 Å². The van der Waals surface area contributed by atoms with Crippen molar-refractivity contribution < 1.29 is 19.1 Å². The number of primary amides is 1. The Morgan fingerprint density at radius 3 is 2.45 bits per heavy atom. The number of nitrogens with zero attached hydrogens (tertiary/aromatic N) is 2. The lowest BCUT2D eigenvalue weighted by Crippen LogP contribution is -2.44. The summed E-state index contributed by atoms with van der Waals surface area (Å²) in [5.74, 6) is 0.574. The third-order valence-electron chi connectivity index (χ3n) is 6.48. The minimum absolute atomic E-state index is 0.0611. The van der Waals surface area contributed by atoms with E-state index in [1.54, 1.807) is 0 Å². The molecule has 9 heteroatoms. The Labute approximate surface area is 199 Å². The molecule has 0 aromatic heterocycles. The molecule has 0 spiro atoms. The molecule has 1 unspecified atom stereocenters. The molecule has 0 aromatic rings. The van der Waals surface area contributed by atoms with E-state index in [-0.39, 0.29) is 29.8 Å². The molecule has 0 aromatic carbocycles. The number of carbonyl (C=O) groups excluding carboxylic acids is 3. The molecule has 2 rings (SSSR count). The van der Waals surface area contributed by atoms with Crippen LogP contribution in [0.15, 0.2) is 0 Å². The molecule has 0 aliphatic carbocycles. The van der Waals surface area contributed by atoms with Crippen LogP contribution in [-0.4, -0.2) is 92.1 Å². The Hall–Kier alpha value is -1.71. The normalized spacial score (nSPS) is 20.6. The third kappa shape index (κ3) is 11.8. The molecule has 2 fully saturated rings. The summed E-state index contributed by atoms with van der Waals surface area (Å²) in [6.07, 6.45) is 6.62. The van der Waals surface area contributed by atoms with Gasteiger partial charge in [-0.05, 0) is 65.5 Å². The lowest BCUT2D eigenvalue weighted by Gasteiger charge is -2.32. The van der Waals surface area contributed by atoms with Crippen LogP contribution in [0.1, 0.15) is 65.2 Å². The van der Waals surface area contributed by atoms with Gasteiger partial charge in [-0.25, -0.2) is 4.79 Å². The number of piperidine rings is 2. The van der Waals surface area contributed by atoms with Gasteiger partial charge in [0, 0.05) is 45.2 Å². The Balaban J connectivity index is 1.44. The fourth-order valence-electron chi connectivity index (χ4n) is 4.68. The Kier molecular flexibility index (Phi) is 12.7. The van der Waals surface area contributed by atoms with E-state index in [1.165, 1.54) is 0 Å². The molecule has 33 heavy (non-hydrogen) atoms. The SMILES string of the molecule is CC(C)NC(=O)C1CCCN(CCCCCC(=O)CNCCN2CCC(OC(N)=O)CC2)C1. The zero-order chi connectivity index (χ0) is 24.1. The van der Waals surface area contributed by atoms with Gasteiger partial charge in [0.05, 0.1) is 12.5 Å². The molecule has 2 aliphatic rings. The lowest BCUT2D eigenvalue weighted by atomic mass is 9.96. The highest BCUT2D eigenvalue weighted by Crippen LogP contribution is 2.18. The maximum Gasteiger partial charge on any atom is 0.404 e. The molecule has 190 valence electrons. The molecule has 0 bridgehead atoms. The Bertz CT molecular complexity index is 608. The summed E-state index contributed by atoms with van der Waals surface area (Å²) in [6.45, 7) is 10.8. The molecule has 4 N–H and O–H groups in total. The highest BCUT2D eigenvalue weighted by molar-refractivity contribution is 5.80. The highest BCUT2D eigenvalue weighted by atomic mass is 16.6. The van der Waals surface area contributed by atoms with Crippen molar-refractivity contribution in [2.75, 3.05) is 52.4 Å². The van der Waals surface area contributed by atoms with E-state index < -0.39 is 6.09 Å². The molecule has 1 atom stereocenters. The number of ketones is 1. The number of unbranched alkanes of at least 4 members (excludes halogenated alkanes) is 2. The number of nitrogens with one attached hydrogen (secondary N) is 2. The first-order valence-corrected chi connectivity index (χ1v) is 12.8. The van der Waals surface area contributed by atoms with Gasteiger partial charge in [0.25, 0.3) is 0 Å². The number of nitrogens with two attached hydrogens (primary N) is 1. The van der Waals surface area contributed by atoms with Crippen molar-refractivity contribution in [1.82, 2.24) is 20.4 Å². The van der Waals surface area contributed by atoms with Gasteiger partial charge in [0.15, 0.2) is 0 Å². The Morgan fingerprint density at radius 2 is 1.76 bits per heavy atom. The molecular weight excluding hydrogens is 422 g/mol. The van der Waals surface area contributed by atoms with Gasteiger partial charge in [-0.2, -0.15) is 0 Å². The van der Waals surface area contributed by atoms with Crippen LogP contribution in [0.4, 0.5) is 4.79 Å². The van der Waals surface area contributed by atoms with Crippen molar-refractivity contribution in [3.05, 3.63) is 0 Å². The standard InChI is InChI=1S/C24H45N5O4/c1-19(2)27-23(31)20-7-6-13-29(18-20)12-5-3-4-8-21(30)17-26-11-16-28-14-9-22(10-15-28)33-24(25)32/h19-20,22,26H,3-18H2,1-2H3,(H2,25,32)(H,27,31). The van der Waals surface area contributed by atoms with Crippen LogP contribution in [0.3, 0.4) is 0 Å². The molecule has 2 amide bonds. The summed E-state index contributed by atoms with van der Waals surface area (Å²) >= 11 is 0. The first kappa shape index (κ1) is 27.5. The van der Waals surface area contributed by atoms with Crippen LogP contribution in [0.5, 0.6) is 0 Å². The van der Waals surface area contributed by atoms with E-state index in [9.17, 15) is 14.4 Å². The van der Waals surface area contributed by atoms with E-state index in [2.05, 4.69) is 20.4 Å². The van der Waals surface area contributed by atoms with E-state index in [0.717, 1.165) is 90.8 Å². The first-order chi connectivity index (χ1) is 15.8. The summed E-state index contributed by atoms with van der Waals surface area (Å²) < 4.78 is 5.05. The Morgan fingerprint density at radius 1 is 1.00 bits per heavy atom. The third-order valence-corrected chi connectivity index (χ3v) is 6.48. The second-order valence-electron chi connectivity index (χ2n) is 9.81. The summed E-state index contributed by atoms with van der Waals surface area (Å²) in [6, 6.07) is 0.196. The van der Waals surface area contributed by atoms with Crippen LogP contribution in [0.2, 0.25) is 0 Å². The largest absolute Gasteiger partial charge is 0.446 e. The predicted octanol–water partition coefficient (Wildman–Crippen LogP) is 1.50. The van der Waals surface area contributed by atoms with Crippen molar-refractivity contribution in [2.24, 2.45) is 11.7 Å².